The Bertz CT molecular complexity index is 1360. The molecule has 9 nitrogen and oxygen atoms in total. The second-order valence-corrected chi connectivity index (χ2v) is 7.16. The van der Waals surface area contributed by atoms with Crippen molar-refractivity contribution in [1.82, 2.24) is 25.1 Å². The van der Waals surface area contributed by atoms with Gasteiger partial charge in [0.25, 0.3) is 5.91 Å². The molecule has 5 N–H and O–H groups in total. The molecule has 0 aliphatic heterocycles. The minimum atomic E-state index is -0.614. The van der Waals surface area contributed by atoms with E-state index in [0.717, 1.165) is 32.5 Å². The van der Waals surface area contributed by atoms with Crippen molar-refractivity contribution >= 4 is 61.5 Å². The number of nitrogens with zero attached hydrogens (tertiary/aromatic N) is 4. The van der Waals surface area contributed by atoms with Gasteiger partial charge in [0, 0.05) is 23.0 Å². The number of carbonyl (C=O) groups excluding carboxylic acids is 1. The molecule has 0 fully saturated rings. The van der Waals surface area contributed by atoms with Gasteiger partial charge in [0.1, 0.15) is 11.4 Å². The van der Waals surface area contributed by atoms with Crippen LogP contribution in [0.3, 0.4) is 0 Å². The number of aromatic amines is 1. The Labute approximate surface area is 168 Å². The Hall–Kier alpha value is -4.05. The lowest BCUT2D eigenvalue weighted by Gasteiger charge is -2.11. The molecular weight excluding hydrogens is 388 g/mol. The monoisotopic (exact) mass is 402 g/mol. The molecule has 0 aliphatic carbocycles. The van der Waals surface area contributed by atoms with Gasteiger partial charge < -0.3 is 16.4 Å². The van der Waals surface area contributed by atoms with Gasteiger partial charge in [0.2, 0.25) is 5.95 Å². The third-order valence-corrected chi connectivity index (χ3v) is 5.14. The predicted molar refractivity (Wildman–Crippen MR) is 113 cm³/mol. The van der Waals surface area contributed by atoms with Crippen LogP contribution in [0.25, 0.3) is 21.1 Å². The molecule has 1 amide bonds. The quantitative estimate of drug-likeness (QED) is 0.353. The Morgan fingerprint density at radius 3 is 2.79 bits per heavy atom. The molecule has 0 atom stereocenters. The summed E-state index contributed by atoms with van der Waals surface area (Å²) in [6, 6.07) is 11.4. The van der Waals surface area contributed by atoms with Crippen molar-refractivity contribution in [3.8, 4) is 0 Å². The third-order valence-electron chi connectivity index (χ3n) is 4.35. The standard InChI is InChI=1S/C19H14N8OS/c20-17(28)13-8-21-19(25-11-2-1-10-7-23-27-15(10)5-11)26-18(13)24-12-3-4-14-16(6-12)29-9-22-14/h1-9H,(H2,20,28)(H,23,27)(H2,21,24,25,26). The Balaban J connectivity index is 1.48. The highest BCUT2D eigenvalue weighted by molar-refractivity contribution is 7.16. The fourth-order valence-corrected chi connectivity index (χ4v) is 3.65. The van der Waals surface area contributed by atoms with Crippen molar-refractivity contribution in [2.24, 2.45) is 5.73 Å². The fourth-order valence-electron chi connectivity index (χ4n) is 2.93. The van der Waals surface area contributed by atoms with E-state index in [1.165, 1.54) is 17.5 Å². The summed E-state index contributed by atoms with van der Waals surface area (Å²) in [7, 11) is 0. The average Bonchev–Trinajstić information content (AvgIpc) is 3.36. The van der Waals surface area contributed by atoms with E-state index >= 15 is 0 Å². The highest BCUT2D eigenvalue weighted by Crippen LogP contribution is 2.26. The SMILES string of the molecule is NC(=O)c1cnc(Nc2ccc3cn[nH]c3c2)nc1Nc1ccc2ncsc2c1. The Morgan fingerprint density at radius 1 is 1.03 bits per heavy atom. The van der Waals surface area contributed by atoms with Gasteiger partial charge in [0.05, 0.1) is 27.4 Å². The summed E-state index contributed by atoms with van der Waals surface area (Å²) in [4.78, 5) is 24.8. The van der Waals surface area contributed by atoms with Crippen LogP contribution in [-0.4, -0.2) is 31.1 Å². The van der Waals surface area contributed by atoms with Crippen LogP contribution in [0.1, 0.15) is 10.4 Å². The first-order valence-electron chi connectivity index (χ1n) is 8.63. The molecule has 3 heterocycles. The summed E-state index contributed by atoms with van der Waals surface area (Å²) in [5.41, 5.74) is 10.8. The van der Waals surface area contributed by atoms with Gasteiger partial charge in [-0.05, 0) is 36.4 Å². The summed E-state index contributed by atoms with van der Waals surface area (Å²) in [5, 5.41) is 14.2. The van der Waals surface area contributed by atoms with E-state index in [1.807, 2.05) is 36.4 Å². The van der Waals surface area contributed by atoms with Crippen molar-refractivity contribution in [3.05, 3.63) is 59.9 Å². The molecule has 0 unspecified atom stereocenters. The molecule has 0 spiro atoms. The van der Waals surface area contributed by atoms with Crippen LogP contribution >= 0.6 is 11.3 Å². The largest absolute Gasteiger partial charge is 0.365 e. The number of thiazole rings is 1. The molecule has 0 saturated carbocycles. The van der Waals surface area contributed by atoms with Gasteiger partial charge in [0.15, 0.2) is 0 Å². The summed E-state index contributed by atoms with van der Waals surface area (Å²) in [6.45, 7) is 0. The van der Waals surface area contributed by atoms with Gasteiger partial charge in [-0.1, -0.05) is 0 Å². The van der Waals surface area contributed by atoms with Crippen LogP contribution in [0.15, 0.2) is 54.3 Å². The smallest absolute Gasteiger partial charge is 0.254 e. The highest BCUT2D eigenvalue weighted by atomic mass is 32.1. The maximum atomic E-state index is 11.8. The lowest BCUT2D eigenvalue weighted by molar-refractivity contribution is 0.100. The maximum absolute atomic E-state index is 11.8. The molecule has 10 heteroatoms. The summed E-state index contributed by atoms with van der Waals surface area (Å²) < 4.78 is 1.02. The summed E-state index contributed by atoms with van der Waals surface area (Å²) in [5.74, 6) is 0.0357. The summed E-state index contributed by atoms with van der Waals surface area (Å²) in [6.07, 6.45) is 3.15. The van der Waals surface area contributed by atoms with Crippen LogP contribution in [0.5, 0.6) is 0 Å². The Morgan fingerprint density at radius 2 is 1.90 bits per heavy atom. The van der Waals surface area contributed by atoms with Crippen LogP contribution < -0.4 is 16.4 Å². The first-order valence-corrected chi connectivity index (χ1v) is 9.51. The molecule has 29 heavy (non-hydrogen) atoms. The van der Waals surface area contributed by atoms with Gasteiger partial charge in [-0.15, -0.1) is 11.3 Å². The lowest BCUT2D eigenvalue weighted by Crippen LogP contribution is -2.15. The number of amides is 1. The van der Waals surface area contributed by atoms with E-state index in [9.17, 15) is 4.79 Å². The minimum Gasteiger partial charge on any atom is -0.365 e. The zero-order valence-electron chi connectivity index (χ0n) is 14.9. The Kier molecular flexibility index (Phi) is 4.03. The number of anilines is 4. The highest BCUT2D eigenvalue weighted by Gasteiger charge is 2.13. The molecule has 0 saturated heterocycles. The van der Waals surface area contributed by atoms with Gasteiger partial charge in [-0.25, -0.2) is 9.97 Å². The number of hydrogen-bond acceptors (Lipinski definition) is 8. The van der Waals surface area contributed by atoms with E-state index in [4.69, 9.17) is 5.73 Å². The van der Waals surface area contributed by atoms with Crippen molar-refractivity contribution in [3.63, 3.8) is 0 Å². The molecule has 2 aromatic carbocycles. The normalized spacial score (nSPS) is 11.0. The van der Waals surface area contributed by atoms with E-state index < -0.39 is 5.91 Å². The number of carbonyl (C=O) groups is 1. The van der Waals surface area contributed by atoms with E-state index in [0.29, 0.717) is 11.8 Å². The number of primary amides is 1. The number of H-pyrrole nitrogens is 1. The number of rotatable bonds is 5. The first kappa shape index (κ1) is 17.1. The molecule has 5 rings (SSSR count). The average molecular weight is 402 g/mol. The molecule has 0 aliphatic rings. The van der Waals surface area contributed by atoms with Crippen molar-refractivity contribution in [2.75, 3.05) is 10.6 Å². The second-order valence-electron chi connectivity index (χ2n) is 6.28. The van der Waals surface area contributed by atoms with Crippen molar-refractivity contribution in [2.45, 2.75) is 0 Å². The van der Waals surface area contributed by atoms with E-state index in [1.54, 1.807) is 11.7 Å². The van der Waals surface area contributed by atoms with E-state index in [-0.39, 0.29) is 5.56 Å². The zero-order valence-corrected chi connectivity index (χ0v) is 15.7. The first-order chi connectivity index (χ1) is 14.2. The molecule has 142 valence electrons. The number of nitrogens with two attached hydrogens (primary N) is 1. The molecular formula is C19H14N8OS. The molecule has 3 aromatic heterocycles. The topological polar surface area (TPSA) is 134 Å². The van der Waals surface area contributed by atoms with Crippen molar-refractivity contribution < 1.29 is 4.79 Å². The fraction of sp³-hybridized carbons (Fsp3) is 0. The maximum Gasteiger partial charge on any atom is 0.254 e. The van der Waals surface area contributed by atoms with Crippen molar-refractivity contribution in [1.29, 1.82) is 0 Å². The molecule has 5 aromatic rings. The van der Waals surface area contributed by atoms with E-state index in [2.05, 4.69) is 35.8 Å². The minimum absolute atomic E-state index is 0.198. The number of fused-ring (bicyclic) bond motifs is 2. The molecule has 0 bridgehead atoms. The lowest BCUT2D eigenvalue weighted by atomic mass is 10.2. The zero-order chi connectivity index (χ0) is 19.8. The number of benzene rings is 2. The van der Waals surface area contributed by atoms with Crippen LogP contribution in [-0.2, 0) is 0 Å². The number of hydrogen-bond donors (Lipinski definition) is 4. The van der Waals surface area contributed by atoms with Crippen LogP contribution in [0.2, 0.25) is 0 Å². The van der Waals surface area contributed by atoms with Crippen LogP contribution in [0.4, 0.5) is 23.1 Å². The summed E-state index contributed by atoms with van der Waals surface area (Å²) >= 11 is 1.53. The van der Waals surface area contributed by atoms with Gasteiger partial charge in [-0.2, -0.15) is 10.1 Å². The van der Waals surface area contributed by atoms with Gasteiger partial charge >= 0.3 is 0 Å². The third kappa shape index (κ3) is 3.32. The predicted octanol–water partition coefficient (Wildman–Crippen LogP) is 3.55. The molecule has 0 radical (unpaired) electrons. The van der Waals surface area contributed by atoms with Crippen LogP contribution in [0, 0.1) is 0 Å². The number of aromatic nitrogens is 5. The number of nitrogens with one attached hydrogen (secondary N) is 3. The second kappa shape index (κ2) is 6.84. The van der Waals surface area contributed by atoms with Gasteiger partial charge in [-0.3, -0.25) is 9.89 Å².